The first-order chi connectivity index (χ1) is 8.93. The minimum Gasteiger partial charge on any atom is -1.00 e. The van der Waals surface area contributed by atoms with Gasteiger partial charge in [0.05, 0.1) is 7.05 Å². The first kappa shape index (κ1) is 19.6. The number of hydrogen-bond donors (Lipinski definition) is 0. The fourth-order valence-corrected chi connectivity index (χ4v) is 2.49. The maximum atomic E-state index is 5.91. The first-order valence-electron chi connectivity index (χ1n) is 6.64. The summed E-state index contributed by atoms with van der Waals surface area (Å²) in [6, 6.07) is 0. The highest BCUT2D eigenvalue weighted by Crippen LogP contribution is 2.33. The van der Waals surface area contributed by atoms with Gasteiger partial charge < -0.3 is 26.6 Å². The molecule has 0 aliphatic heterocycles. The zero-order valence-corrected chi connectivity index (χ0v) is 14.6. The van der Waals surface area contributed by atoms with Gasteiger partial charge in [-0.1, -0.05) is 0 Å². The number of hydrogen-bond acceptors (Lipinski definition) is 3. The van der Waals surface area contributed by atoms with Crippen molar-refractivity contribution in [1.29, 1.82) is 0 Å². The lowest BCUT2D eigenvalue weighted by Gasteiger charge is -2.42. The normalized spacial score (nSPS) is 14.7. The van der Waals surface area contributed by atoms with Crippen molar-refractivity contribution in [2.75, 3.05) is 19.8 Å². The second kappa shape index (κ2) is 8.14. The molecule has 1 aromatic rings. The molecule has 1 atom stereocenters. The van der Waals surface area contributed by atoms with Crippen LogP contribution in [0.15, 0.2) is 18.7 Å². The predicted octanol–water partition coefficient (Wildman–Crippen LogP) is -2.08. The monoisotopic (exact) mass is 319 g/mol. The molecule has 0 aliphatic carbocycles. The van der Waals surface area contributed by atoms with Gasteiger partial charge in [-0.2, -0.15) is 0 Å². The average Bonchev–Trinajstić information content (AvgIpc) is 2.77. The van der Waals surface area contributed by atoms with Gasteiger partial charge in [0.1, 0.15) is 22.6 Å². The average molecular weight is 320 g/mol. The van der Waals surface area contributed by atoms with Gasteiger partial charge in [-0.05, 0) is 27.7 Å². The Labute approximate surface area is 131 Å². The summed E-state index contributed by atoms with van der Waals surface area (Å²) in [5.41, 5.74) is 0. The molecule has 1 heterocycles. The molecule has 20 heavy (non-hydrogen) atoms. The molecule has 1 rings (SSSR count). The molecule has 0 amide bonds. The van der Waals surface area contributed by atoms with Crippen molar-refractivity contribution in [2.45, 2.75) is 38.8 Å². The number of imidazole rings is 1. The van der Waals surface area contributed by atoms with Crippen LogP contribution in [0, 0.1) is 0 Å². The van der Waals surface area contributed by atoms with E-state index in [9.17, 15) is 0 Å². The van der Waals surface area contributed by atoms with Gasteiger partial charge in [-0.25, -0.2) is 9.13 Å². The Hall–Kier alpha value is -0.403. The van der Waals surface area contributed by atoms with Crippen LogP contribution < -0.4 is 17.0 Å². The smallest absolute Gasteiger partial charge is 0.245 e. The quantitative estimate of drug-likeness (QED) is 0.314. The van der Waals surface area contributed by atoms with Crippen LogP contribution in [0.4, 0.5) is 0 Å². The maximum absolute atomic E-state index is 5.91. The van der Waals surface area contributed by atoms with E-state index in [0.717, 1.165) is 0 Å². The van der Waals surface area contributed by atoms with E-state index in [1.54, 1.807) is 0 Å². The van der Waals surface area contributed by atoms with E-state index < -0.39 is 11.1 Å². The largest absolute Gasteiger partial charge is 1.00 e. The molecule has 0 saturated carbocycles. The van der Waals surface area contributed by atoms with Crippen molar-refractivity contribution in [3.63, 3.8) is 0 Å². The van der Waals surface area contributed by atoms with Crippen molar-refractivity contribution in [2.24, 2.45) is 7.05 Å². The molecule has 0 saturated heterocycles. The first-order valence-corrected chi connectivity index (χ1v) is 7.14. The Kier molecular flexibility index (Phi) is 7.98. The SMILES string of the molecule is CCOC(C)(OCC)C([Si])(OCC)n1cc[n+](C)c1.[Cl-]. The lowest BCUT2D eigenvalue weighted by Crippen LogP contribution is -3.00. The Bertz CT molecular complexity index is 397. The van der Waals surface area contributed by atoms with Gasteiger partial charge in [-0.3, -0.25) is 0 Å². The van der Waals surface area contributed by atoms with Crippen LogP contribution in [0.25, 0.3) is 0 Å². The predicted molar refractivity (Wildman–Crippen MR) is 72.6 cm³/mol. The minimum atomic E-state index is -0.935. The van der Waals surface area contributed by atoms with Crippen LogP contribution in [0.1, 0.15) is 27.7 Å². The molecule has 5 nitrogen and oxygen atoms in total. The Morgan fingerprint density at radius 2 is 1.60 bits per heavy atom. The molecule has 0 N–H and O–H groups in total. The zero-order chi connectivity index (χ0) is 14.5. The van der Waals surface area contributed by atoms with Gasteiger partial charge in [0.15, 0.2) is 0 Å². The maximum Gasteiger partial charge on any atom is 0.245 e. The summed E-state index contributed by atoms with van der Waals surface area (Å²) in [5.74, 6) is -0.935. The van der Waals surface area contributed by atoms with Gasteiger partial charge in [0.2, 0.25) is 17.5 Å². The Morgan fingerprint density at radius 3 is 1.95 bits per heavy atom. The second-order valence-electron chi connectivity index (χ2n) is 4.38. The topological polar surface area (TPSA) is 36.5 Å². The van der Waals surface area contributed by atoms with Crippen molar-refractivity contribution in [1.82, 2.24) is 4.57 Å². The Balaban J connectivity index is 0.00000361. The summed E-state index contributed by atoms with van der Waals surface area (Å²) in [4.78, 5) is 0. The zero-order valence-electron chi connectivity index (χ0n) is 12.9. The van der Waals surface area contributed by atoms with Crippen molar-refractivity contribution in [3.05, 3.63) is 18.7 Å². The minimum absolute atomic E-state index is 0. The number of ether oxygens (including phenoxy) is 3. The van der Waals surface area contributed by atoms with E-state index in [2.05, 4.69) is 10.2 Å². The van der Waals surface area contributed by atoms with Gasteiger partial charge in [0.25, 0.3) is 0 Å². The number of halogens is 1. The molecule has 0 aromatic carbocycles. The molecule has 1 unspecified atom stereocenters. The summed E-state index contributed by atoms with van der Waals surface area (Å²) in [6.45, 7) is 9.28. The third kappa shape index (κ3) is 3.83. The van der Waals surface area contributed by atoms with Crippen molar-refractivity contribution >= 4 is 10.2 Å². The lowest BCUT2D eigenvalue weighted by molar-refractivity contribution is -0.671. The molecule has 1 aromatic heterocycles. The number of aryl methyl sites for hydroxylation is 1. The number of aromatic nitrogens is 2. The van der Waals surface area contributed by atoms with E-state index in [0.29, 0.717) is 19.8 Å². The highest BCUT2D eigenvalue weighted by atomic mass is 35.5. The van der Waals surface area contributed by atoms with Crippen molar-refractivity contribution in [3.8, 4) is 0 Å². The number of rotatable bonds is 8. The molecule has 115 valence electrons. The van der Waals surface area contributed by atoms with Gasteiger partial charge in [-0.15, -0.1) is 0 Å². The molecule has 0 fully saturated rings. The van der Waals surface area contributed by atoms with E-state index >= 15 is 0 Å². The molecule has 0 bridgehead atoms. The number of nitrogens with zero attached hydrogens (tertiary/aromatic N) is 2. The highest BCUT2D eigenvalue weighted by molar-refractivity contribution is 6.13. The lowest BCUT2D eigenvalue weighted by atomic mass is 10.2. The molecular weight excluding hydrogens is 296 g/mol. The summed E-state index contributed by atoms with van der Waals surface area (Å²) in [7, 11) is 5.68. The van der Waals surface area contributed by atoms with E-state index in [1.807, 2.05) is 62.6 Å². The van der Waals surface area contributed by atoms with Crippen LogP contribution >= 0.6 is 0 Å². The summed E-state index contributed by atoms with van der Waals surface area (Å²) in [5, 5.41) is -0.922. The fraction of sp³-hybridized carbons (Fsp3) is 0.769. The summed E-state index contributed by atoms with van der Waals surface area (Å²) in [6.07, 6.45) is 5.77. The fourth-order valence-electron chi connectivity index (χ4n) is 2.07. The highest BCUT2D eigenvalue weighted by Gasteiger charge is 2.53. The van der Waals surface area contributed by atoms with Crippen LogP contribution in [0.3, 0.4) is 0 Å². The van der Waals surface area contributed by atoms with E-state index in [4.69, 9.17) is 14.2 Å². The Morgan fingerprint density at radius 1 is 1.10 bits per heavy atom. The van der Waals surface area contributed by atoms with Crippen molar-refractivity contribution < 1.29 is 31.2 Å². The van der Waals surface area contributed by atoms with Crippen LogP contribution in [-0.4, -0.2) is 40.4 Å². The molecule has 0 spiro atoms. The standard InChI is InChI=1S/C13H24N2O3Si.ClH/c1-6-16-12(4,17-7-2)13(19,18-8-3)15-10-9-14(5)11-15;/h9-11H,6-8H2,1-5H3;1H/q+1;/p-1. The molecular formula is C13H24ClN2O3Si. The molecule has 7 heteroatoms. The summed E-state index contributed by atoms with van der Waals surface area (Å²) >= 11 is 0. The summed E-state index contributed by atoms with van der Waals surface area (Å²) < 4.78 is 21.4. The van der Waals surface area contributed by atoms with Crippen LogP contribution in [-0.2, 0) is 26.6 Å². The second-order valence-corrected chi connectivity index (χ2v) is 5.05. The van der Waals surface area contributed by atoms with Crippen LogP contribution in [0.2, 0.25) is 0 Å². The molecule has 3 radical (unpaired) electrons. The van der Waals surface area contributed by atoms with Crippen LogP contribution in [0.5, 0.6) is 0 Å². The van der Waals surface area contributed by atoms with Gasteiger partial charge in [0, 0.05) is 19.8 Å². The van der Waals surface area contributed by atoms with E-state index in [-0.39, 0.29) is 12.4 Å². The third-order valence-electron chi connectivity index (χ3n) is 2.94. The third-order valence-corrected chi connectivity index (χ3v) is 3.80. The van der Waals surface area contributed by atoms with Gasteiger partial charge >= 0.3 is 0 Å². The molecule has 0 aliphatic rings. The van der Waals surface area contributed by atoms with E-state index in [1.165, 1.54) is 0 Å².